The van der Waals surface area contributed by atoms with Crippen LogP contribution in [0.5, 0.6) is 17.4 Å². The van der Waals surface area contributed by atoms with Gasteiger partial charge in [-0.2, -0.15) is 5.26 Å². The Morgan fingerprint density at radius 1 is 1.19 bits per heavy atom. The SMILES string of the molecule is N#C/C=C/COc1ccc(Oc2ncc(Cl)cc2Cl)cc1. The number of nitrogens with zero attached hydrogens (tertiary/aromatic N) is 2. The Kier molecular flexibility index (Phi) is 5.44. The second-order valence-electron chi connectivity index (χ2n) is 3.86. The van der Waals surface area contributed by atoms with Gasteiger partial charge in [0.15, 0.2) is 0 Å². The molecule has 2 rings (SSSR count). The normalized spacial score (nSPS) is 10.3. The van der Waals surface area contributed by atoms with Crippen LogP contribution in [0.25, 0.3) is 0 Å². The van der Waals surface area contributed by atoms with E-state index >= 15 is 0 Å². The van der Waals surface area contributed by atoms with E-state index in [1.807, 2.05) is 6.07 Å². The first kappa shape index (κ1) is 15.2. The van der Waals surface area contributed by atoms with Crippen molar-refractivity contribution in [2.75, 3.05) is 6.61 Å². The third kappa shape index (κ3) is 4.67. The minimum absolute atomic E-state index is 0.284. The molecule has 6 heteroatoms. The van der Waals surface area contributed by atoms with E-state index in [1.54, 1.807) is 36.4 Å². The highest BCUT2D eigenvalue weighted by Gasteiger charge is 2.05. The van der Waals surface area contributed by atoms with Gasteiger partial charge in [-0.05, 0) is 36.4 Å². The van der Waals surface area contributed by atoms with Crippen LogP contribution in [0.3, 0.4) is 0 Å². The summed E-state index contributed by atoms with van der Waals surface area (Å²) in [6.07, 6.45) is 4.45. The Balaban J connectivity index is 1.99. The lowest BCUT2D eigenvalue weighted by atomic mass is 10.3. The molecule has 0 atom stereocenters. The van der Waals surface area contributed by atoms with Crippen LogP contribution < -0.4 is 9.47 Å². The summed E-state index contributed by atoms with van der Waals surface area (Å²) in [5.41, 5.74) is 0. The van der Waals surface area contributed by atoms with Crippen molar-refractivity contribution in [3.8, 4) is 23.4 Å². The number of nitriles is 1. The maximum Gasteiger partial charge on any atom is 0.238 e. The molecule has 21 heavy (non-hydrogen) atoms. The largest absolute Gasteiger partial charge is 0.490 e. The molecule has 2 aromatic rings. The third-order valence-electron chi connectivity index (χ3n) is 2.35. The van der Waals surface area contributed by atoms with Crippen LogP contribution in [0.4, 0.5) is 0 Å². The fourth-order valence-corrected chi connectivity index (χ4v) is 1.86. The van der Waals surface area contributed by atoms with Crippen molar-refractivity contribution < 1.29 is 9.47 Å². The van der Waals surface area contributed by atoms with E-state index in [9.17, 15) is 0 Å². The highest BCUT2D eigenvalue weighted by Crippen LogP contribution is 2.29. The van der Waals surface area contributed by atoms with E-state index in [1.165, 1.54) is 12.3 Å². The minimum Gasteiger partial charge on any atom is -0.490 e. The van der Waals surface area contributed by atoms with E-state index in [4.69, 9.17) is 37.9 Å². The number of pyridine rings is 1. The van der Waals surface area contributed by atoms with Gasteiger partial charge >= 0.3 is 0 Å². The first-order valence-corrected chi connectivity index (χ1v) is 6.71. The van der Waals surface area contributed by atoms with Gasteiger partial charge < -0.3 is 9.47 Å². The zero-order chi connectivity index (χ0) is 15.1. The molecular formula is C15H10Cl2N2O2. The summed E-state index contributed by atoms with van der Waals surface area (Å²) in [4.78, 5) is 4.01. The number of ether oxygens (including phenoxy) is 2. The van der Waals surface area contributed by atoms with Gasteiger partial charge in [-0.1, -0.05) is 23.2 Å². The molecule has 0 N–H and O–H groups in total. The van der Waals surface area contributed by atoms with Gasteiger partial charge in [-0.15, -0.1) is 0 Å². The fourth-order valence-electron chi connectivity index (χ4n) is 1.44. The molecule has 0 spiro atoms. The zero-order valence-corrected chi connectivity index (χ0v) is 12.3. The van der Waals surface area contributed by atoms with Gasteiger partial charge in [-0.3, -0.25) is 0 Å². The summed E-state index contributed by atoms with van der Waals surface area (Å²) in [5, 5.41) is 9.13. The van der Waals surface area contributed by atoms with Crippen molar-refractivity contribution in [2.45, 2.75) is 0 Å². The smallest absolute Gasteiger partial charge is 0.238 e. The maximum atomic E-state index is 8.35. The molecular weight excluding hydrogens is 311 g/mol. The van der Waals surface area contributed by atoms with Crippen molar-refractivity contribution in [1.29, 1.82) is 5.26 Å². The Labute approximate surface area is 132 Å². The number of hydrogen-bond acceptors (Lipinski definition) is 4. The first-order chi connectivity index (χ1) is 10.2. The van der Waals surface area contributed by atoms with Crippen molar-refractivity contribution >= 4 is 23.2 Å². The molecule has 0 aliphatic rings. The lowest BCUT2D eigenvalue weighted by molar-refractivity contribution is 0.362. The van der Waals surface area contributed by atoms with E-state index in [2.05, 4.69) is 4.98 Å². The number of rotatable bonds is 5. The molecule has 4 nitrogen and oxygen atoms in total. The maximum absolute atomic E-state index is 8.35. The number of halogens is 2. The Morgan fingerprint density at radius 2 is 1.90 bits per heavy atom. The van der Waals surface area contributed by atoms with Crippen LogP contribution in [-0.4, -0.2) is 11.6 Å². The Hall–Kier alpha value is -2.22. The summed E-state index contributed by atoms with van der Waals surface area (Å²) < 4.78 is 10.9. The molecule has 0 saturated heterocycles. The van der Waals surface area contributed by atoms with Gasteiger partial charge in [0.1, 0.15) is 23.1 Å². The van der Waals surface area contributed by atoms with Gasteiger partial charge in [0, 0.05) is 12.3 Å². The number of allylic oxidation sites excluding steroid dienone is 1. The van der Waals surface area contributed by atoms with Crippen LogP contribution in [0.1, 0.15) is 0 Å². The average Bonchev–Trinajstić information content (AvgIpc) is 2.48. The standard InChI is InChI=1S/C15H10Cl2N2O2/c16-11-9-14(17)15(19-10-11)21-13-5-3-12(4-6-13)20-8-2-1-7-18/h1-6,9-10H,8H2/b2-1+. The lowest BCUT2D eigenvalue weighted by Crippen LogP contribution is -1.93. The van der Waals surface area contributed by atoms with E-state index < -0.39 is 0 Å². The van der Waals surface area contributed by atoms with Gasteiger partial charge in [0.05, 0.1) is 11.1 Å². The van der Waals surface area contributed by atoms with Crippen molar-refractivity contribution in [3.63, 3.8) is 0 Å². The Bertz CT molecular complexity index is 679. The molecule has 106 valence electrons. The number of hydrogen-bond donors (Lipinski definition) is 0. The van der Waals surface area contributed by atoms with Crippen molar-refractivity contribution in [2.24, 2.45) is 0 Å². The quantitative estimate of drug-likeness (QED) is 0.753. The van der Waals surface area contributed by atoms with E-state index in [0.29, 0.717) is 28.2 Å². The zero-order valence-electron chi connectivity index (χ0n) is 10.8. The molecule has 0 unspecified atom stereocenters. The van der Waals surface area contributed by atoms with Crippen LogP contribution in [0.2, 0.25) is 10.0 Å². The van der Waals surface area contributed by atoms with Crippen LogP contribution >= 0.6 is 23.2 Å². The van der Waals surface area contributed by atoms with Gasteiger partial charge in [-0.25, -0.2) is 4.98 Å². The molecule has 0 aliphatic heterocycles. The summed E-state index contributed by atoms with van der Waals surface area (Å²) in [6, 6.07) is 10.4. The van der Waals surface area contributed by atoms with Gasteiger partial charge in [0.25, 0.3) is 0 Å². The topological polar surface area (TPSA) is 55.1 Å². The molecule has 0 radical (unpaired) electrons. The molecule has 0 amide bonds. The van der Waals surface area contributed by atoms with Crippen molar-refractivity contribution in [3.05, 3.63) is 58.7 Å². The van der Waals surface area contributed by atoms with Gasteiger partial charge in [0.2, 0.25) is 5.88 Å². The molecule has 0 aliphatic carbocycles. The summed E-state index contributed by atoms with van der Waals surface area (Å²) in [7, 11) is 0. The predicted octanol–water partition coefficient (Wildman–Crippen LogP) is 4.64. The average molecular weight is 321 g/mol. The summed E-state index contributed by atoms with van der Waals surface area (Å²) >= 11 is 11.7. The first-order valence-electron chi connectivity index (χ1n) is 5.95. The molecule has 0 bridgehead atoms. The predicted molar refractivity (Wildman–Crippen MR) is 81.0 cm³/mol. The van der Waals surface area contributed by atoms with E-state index in [0.717, 1.165) is 0 Å². The monoisotopic (exact) mass is 320 g/mol. The van der Waals surface area contributed by atoms with Crippen molar-refractivity contribution in [1.82, 2.24) is 4.98 Å². The minimum atomic E-state index is 0.284. The van der Waals surface area contributed by atoms with Crippen LogP contribution in [0, 0.1) is 11.3 Å². The number of benzene rings is 1. The fraction of sp³-hybridized carbons (Fsp3) is 0.0667. The Morgan fingerprint density at radius 3 is 2.57 bits per heavy atom. The molecule has 0 saturated carbocycles. The summed E-state index contributed by atoms with van der Waals surface area (Å²) in [6.45, 7) is 0.332. The van der Waals surface area contributed by atoms with Crippen LogP contribution in [0.15, 0.2) is 48.7 Å². The lowest BCUT2D eigenvalue weighted by Gasteiger charge is -2.08. The van der Waals surface area contributed by atoms with Crippen LogP contribution in [-0.2, 0) is 0 Å². The molecule has 1 aromatic heterocycles. The molecule has 0 fully saturated rings. The third-order valence-corrected chi connectivity index (χ3v) is 2.83. The van der Waals surface area contributed by atoms with E-state index in [-0.39, 0.29) is 5.88 Å². The second-order valence-corrected chi connectivity index (χ2v) is 4.70. The molecule has 1 aromatic carbocycles. The highest BCUT2D eigenvalue weighted by atomic mass is 35.5. The second kappa shape index (κ2) is 7.53. The molecule has 1 heterocycles. The highest BCUT2D eigenvalue weighted by molar-refractivity contribution is 6.35. The summed E-state index contributed by atoms with van der Waals surface area (Å²) in [5.74, 6) is 1.53. The number of aromatic nitrogens is 1.